The molecule has 154 valence electrons. The van der Waals surface area contributed by atoms with Crippen LogP contribution in [-0.4, -0.2) is 37.4 Å². The van der Waals surface area contributed by atoms with Crippen LogP contribution in [0.1, 0.15) is 51.2 Å². The van der Waals surface area contributed by atoms with E-state index in [0.29, 0.717) is 18.1 Å². The second-order valence-electron chi connectivity index (χ2n) is 9.18. The van der Waals surface area contributed by atoms with Gasteiger partial charge in [-0.1, -0.05) is 26.0 Å². The molecule has 5 nitrogen and oxygen atoms in total. The van der Waals surface area contributed by atoms with Gasteiger partial charge in [0.15, 0.2) is 11.6 Å². The van der Waals surface area contributed by atoms with E-state index < -0.39 is 0 Å². The monoisotopic (exact) mass is 391 g/mol. The second kappa shape index (κ2) is 6.99. The van der Waals surface area contributed by atoms with Crippen LogP contribution in [0.5, 0.6) is 5.75 Å². The molecule has 1 heterocycles. The summed E-state index contributed by atoms with van der Waals surface area (Å²) in [5.41, 5.74) is 0.419. The van der Waals surface area contributed by atoms with Crippen LogP contribution in [0, 0.1) is 28.5 Å². The van der Waals surface area contributed by atoms with Crippen molar-refractivity contribution in [1.82, 2.24) is 5.32 Å². The second-order valence-corrected chi connectivity index (χ2v) is 9.18. The smallest absolute Gasteiger partial charge is 0.222 e. The lowest BCUT2D eigenvalue weighted by atomic mass is 9.58. The molecule has 1 spiro atoms. The third-order valence-corrected chi connectivity index (χ3v) is 7.67. The van der Waals surface area contributed by atoms with Gasteiger partial charge in [0.2, 0.25) is 5.91 Å². The molecule has 1 aliphatic heterocycles. The summed E-state index contributed by atoms with van der Waals surface area (Å²) >= 11 is 0. The predicted octanol–water partition coefficient (Wildman–Crippen LogP) is 3.22. The van der Waals surface area contributed by atoms with E-state index in [1.54, 1.807) is 18.2 Å². The molecule has 4 rings (SSSR count). The summed E-state index contributed by atoms with van der Waals surface area (Å²) in [6, 6.07) is 5.22. The van der Waals surface area contributed by atoms with Crippen molar-refractivity contribution in [2.24, 2.45) is 22.7 Å². The highest BCUT2D eigenvalue weighted by Crippen LogP contribution is 2.70. The molecule has 1 aromatic rings. The molecule has 1 saturated heterocycles. The molecule has 0 radical (unpaired) electrons. The number of rotatable bonds is 5. The quantitative estimate of drug-likeness (QED) is 0.809. The van der Waals surface area contributed by atoms with Gasteiger partial charge < -0.3 is 19.9 Å². The van der Waals surface area contributed by atoms with Crippen LogP contribution in [0.2, 0.25) is 0 Å². The first kappa shape index (κ1) is 19.6. The van der Waals surface area contributed by atoms with Crippen molar-refractivity contribution in [1.29, 1.82) is 0 Å². The van der Waals surface area contributed by atoms with Crippen LogP contribution in [0.15, 0.2) is 18.2 Å². The number of benzene rings is 1. The van der Waals surface area contributed by atoms with Crippen LogP contribution in [0.25, 0.3) is 0 Å². The highest BCUT2D eigenvalue weighted by molar-refractivity contribution is 5.76. The number of amides is 1. The van der Waals surface area contributed by atoms with Crippen LogP contribution in [-0.2, 0) is 9.53 Å². The number of aliphatic hydroxyl groups is 1. The molecule has 1 unspecified atom stereocenters. The summed E-state index contributed by atoms with van der Waals surface area (Å²) in [5.74, 6) is 0.374. The summed E-state index contributed by atoms with van der Waals surface area (Å²) in [4.78, 5) is 12.3. The van der Waals surface area contributed by atoms with Crippen LogP contribution in [0.4, 0.5) is 4.39 Å². The molecule has 5 atom stereocenters. The maximum Gasteiger partial charge on any atom is 0.222 e. The van der Waals surface area contributed by atoms with Gasteiger partial charge in [0.25, 0.3) is 0 Å². The Morgan fingerprint density at radius 2 is 2.21 bits per heavy atom. The average molecular weight is 391 g/mol. The summed E-state index contributed by atoms with van der Waals surface area (Å²) in [6.07, 6.45) is 2.65. The topological polar surface area (TPSA) is 67.8 Å². The zero-order valence-electron chi connectivity index (χ0n) is 16.8. The van der Waals surface area contributed by atoms with Gasteiger partial charge in [-0.05, 0) is 48.0 Å². The normalized spacial score (nSPS) is 35.5. The van der Waals surface area contributed by atoms with Gasteiger partial charge in [-0.3, -0.25) is 4.79 Å². The van der Waals surface area contributed by atoms with Crippen molar-refractivity contribution in [2.75, 3.05) is 20.3 Å². The van der Waals surface area contributed by atoms with E-state index >= 15 is 4.39 Å². The number of fused-ring (bicyclic) bond motifs is 1. The van der Waals surface area contributed by atoms with Gasteiger partial charge in [-0.15, -0.1) is 0 Å². The minimum atomic E-state index is -0.352. The molecule has 1 aromatic carbocycles. The first-order chi connectivity index (χ1) is 13.3. The van der Waals surface area contributed by atoms with Gasteiger partial charge in [-0.25, -0.2) is 4.39 Å². The van der Waals surface area contributed by atoms with Crippen molar-refractivity contribution < 1.29 is 23.8 Å². The first-order valence-electron chi connectivity index (χ1n) is 10.2. The van der Waals surface area contributed by atoms with Crippen molar-refractivity contribution >= 4 is 5.91 Å². The summed E-state index contributed by atoms with van der Waals surface area (Å²) in [7, 11) is 1.47. The molecule has 2 saturated carbocycles. The Balaban J connectivity index is 1.69. The number of hydrogen-bond acceptors (Lipinski definition) is 4. The SMILES string of the molecule is COc1cccc([C@H]2OCCC34C[C@@H](C[C@H]23)C(C)(C)[C@@H]4NC(=O)CCO)c1F. The molecular formula is C22H30FNO4. The van der Waals surface area contributed by atoms with E-state index in [1.807, 2.05) is 0 Å². The Morgan fingerprint density at radius 3 is 2.93 bits per heavy atom. The minimum Gasteiger partial charge on any atom is -0.494 e. The molecule has 2 N–H and O–H groups in total. The van der Waals surface area contributed by atoms with E-state index in [9.17, 15) is 4.79 Å². The van der Waals surface area contributed by atoms with E-state index in [1.165, 1.54) is 7.11 Å². The van der Waals surface area contributed by atoms with Crippen LogP contribution >= 0.6 is 0 Å². The molecule has 1 amide bonds. The highest BCUT2D eigenvalue weighted by atomic mass is 19.1. The Bertz CT molecular complexity index is 767. The largest absolute Gasteiger partial charge is 0.494 e. The fraction of sp³-hybridized carbons (Fsp3) is 0.682. The number of hydrogen-bond donors (Lipinski definition) is 2. The fourth-order valence-corrected chi connectivity index (χ4v) is 6.34. The van der Waals surface area contributed by atoms with Gasteiger partial charge in [-0.2, -0.15) is 0 Å². The molecule has 2 aliphatic carbocycles. The molecule has 28 heavy (non-hydrogen) atoms. The Hall–Kier alpha value is -1.66. The number of carbonyl (C=O) groups is 1. The third-order valence-electron chi connectivity index (χ3n) is 7.67. The van der Waals surface area contributed by atoms with Crippen LogP contribution in [0.3, 0.4) is 0 Å². The number of ether oxygens (including phenoxy) is 2. The number of methoxy groups -OCH3 is 1. The van der Waals surface area contributed by atoms with E-state index in [0.717, 1.165) is 19.3 Å². The van der Waals surface area contributed by atoms with Crippen molar-refractivity contribution in [2.45, 2.75) is 51.7 Å². The van der Waals surface area contributed by atoms with Gasteiger partial charge in [0, 0.05) is 24.6 Å². The lowest BCUT2D eigenvalue weighted by molar-refractivity contribution is -0.138. The zero-order valence-corrected chi connectivity index (χ0v) is 16.8. The molecule has 3 fully saturated rings. The van der Waals surface area contributed by atoms with E-state index in [2.05, 4.69) is 19.2 Å². The number of halogens is 1. The van der Waals surface area contributed by atoms with Gasteiger partial charge in [0.1, 0.15) is 0 Å². The molecule has 2 bridgehead atoms. The maximum atomic E-state index is 15.0. The molecule has 3 aliphatic rings. The van der Waals surface area contributed by atoms with Crippen molar-refractivity contribution in [3.8, 4) is 5.75 Å². The first-order valence-corrected chi connectivity index (χ1v) is 10.2. The minimum absolute atomic E-state index is 0.00266. The number of carbonyl (C=O) groups excluding carboxylic acids is 1. The molecular weight excluding hydrogens is 361 g/mol. The molecule has 0 aromatic heterocycles. The highest BCUT2D eigenvalue weighted by Gasteiger charge is 2.68. The number of nitrogens with one attached hydrogen (secondary N) is 1. The van der Waals surface area contributed by atoms with Crippen molar-refractivity contribution in [3.63, 3.8) is 0 Å². The van der Waals surface area contributed by atoms with Crippen molar-refractivity contribution in [3.05, 3.63) is 29.6 Å². The Labute approximate surface area is 165 Å². The predicted molar refractivity (Wildman–Crippen MR) is 102 cm³/mol. The van der Waals surface area contributed by atoms with E-state index in [4.69, 9.17) is 14.6 Å². The number of aliphatic hydroxyl groups excluding tert-OH is 1. The zero-order chi connectivity index (χ0) is 20.1. The van der Waals surface area contributed by atoms with Crippen LogP contribution < -0.4 is 10.1 Å². The van der Waals surface area contributed by atoms with E-state index in [-0.39, 0.29) is 59.4 Å². The third kappa shape index (κ3) is 2.76. The maximum absolute atomic E-state index is 15.0. The summed E-state index contributed by atoms with van der Waals surface area (Å²) < 4.78 is 26.3. The Morgan fingerprint density at radius 1 is 1.43 bits per heavy atom. The fourth-order valence-electron chi connectivity index (χ4n) is 6.34. The lowest BCUT2D eigenvalue weighted by Crippen LogP contribution is -2.59. The summed E-state index contributed by atoms with van der Waals surface area (Å²) in [5, 5.41) is 12.4. The standard InChI is InChI=1S/C22H30FNO4/c1-21(2)13-11-15-19(14-5-4-6-16(27-3)18(14)23)28-10-8-22(15,12-13)20(21)24-17(26)7-9-25/h4-6,13,15,19-20,25H,7-12H2,1-3H3,(H,24,26)/t13-,15-,19-,20+,22?/m1/s1. The molecule has 6 heteroatoms. The summed E-state index contributed by atoms with van der Waals surface area (Å²) in [6.45, 7) is 4.85. The van der Waals surface area contributed by atoms with Gasteiger partial charge in [0.05, 0.1) is 19.8 Å². The lowest BCUT2D eigenvalue weighted by Gasteiger charge is -2.53. The average Bonchev–Trinajstić information content (AvgIpc) is 3.15. The van der Waals surface area contributed by atoms with Gasteiger partial charge >= 0.3 is 0 Å². The Kier molecular flexibility index (Phi) is 4.91.